The molecular weight excluding hydrogens is 725 g/mol. The van der Waals surface area contributed by atoms with Crippen LogP contribution in [0.15, 0.2) is 182 Å². The van der Waals surface area contributed by atoms with Gasteiger partial charge in [0.05, 0.1) is 22.5 Å². The molecule has 10 aromatic rings. The fraction of sp³-hybridized carbons (Fsp3) is 0.0189. The first-order valence-electron chi connectivity index (χ1n) is 19.5. The summed E-state index contributed by atoms with van der Waals surface area (Å²) in [5.74, 6) is 0.665. The van der Waals surface area contributed by atoms with Crippen molar-refractivity contribution in [3.63, 3.8) is 0 Å². The van der Waals surface area contributed by atoms with Crippen molar-refractivity contribution in [1.29, 1.82) is 0 Å². The number of aromatic nitrogens is 4. The van der Waals surface area contributed by atoms with Gasteiger partial charge >= 0.3 is 0 Å². The molecule has 4 aromatic heterocycles. The first-order valence-corrected chi connectivity index (χ1v) is 20.3. The molecule has 12 rings (SSSR count). The molecule has 270 valence electrons. The molecule has 0 saturated carbocycles. The monoisotopic (exact) mass is 756 g/mol. The van der Waals surface area contributed by atoms with Crippen molar-refractivity contribution in [3.8, 4) is 56.3 Å². The van der Waals surface area contributed by atoms with E-state index in [-0.39, 0.29) is 0 Å². The van der Waals surface area contributed by atoms with Crippen LogP contribution < -0.4 is 0 Å². The van der Waals surface area contributed by atoms with Gasteiger partial charge in [-0.2, -0.15) is 0 Å². The van der Waals surface area contributed by atoms with Crippen LogP contribution in [0.3, 0.4) is 0 Å². The third-order valence-electron chi connectivity index (χ3n) is 11.9. The second kappa shape index (κ2) is 12.8. The van der Waals surface area contributed by atoms with Gasteiger partial charge < -0.3 is 0 Å². The van der Waals surface area contributed by atoms with Crippen LogP contribution in [0, 0.1) is 0 Å². The quantitative estimate of drug-likeness (QED) is 0.179. The minimum atomic E-state index is -0.597. The maximum absolute atomic E-state index is 5.31. The molecule has 4 heterocycles. The lowest BCUT2D eigenvalue weighted by atomic mass is 9.65. The summed E-state index contributed by atoms with van der Waals surface area (Å²) in [6.07, 6.45) is 10.1. The fourth-order valence-corrected chi connectivity index (χ4v) is 10.4. The van der Waals surface area contributed by atoms with Gasteiger partial charge in [-0.25, -0.2) is 9.97 Å². The minimum absolute atomic E-state index is 0.597. The molecule has 6 aromatic carbocycles. The van der Waals surface area contributed by atoms with E-state index < -0.39 is 5.41 Å². The van der Waals surface area contributed by atoms with Crippen LogP contribution in [0.2, 0.25) is 0 Å². The summed E-state index contributed by atoms with van der Waals surface area (Å²) in [6.45, 7) is 0. The number of thiophene rings is 1. The highest BCUT2D eigenvalue weighted by atomic mass is 32.1. The van der Waals surface area contributed by atoms with Crippen molar-refractivity contribution in [3.05, 3.63) is 216 Å². The highest BCUT2D eigenvalue weighted by Gasteiger charge is 2.49. The second-order valence-electron chi connectivity index (χ2n) is 15.0. The SMILES string of the molecule is C1=Cc2ccc(-c3nc(-c4ccccc4)cc(-c4ccc(-c5cccnc5)nc4)n3)cc2C2(c3ccccc31)c1ccccc1-c1cc3sc4ccccc4c3cc12. The molecule has 58 heavy (non-hydrogen) atoms. The smallest absolute Gasteiger partial charge is 0.160 e. The van der Waals surface area contributed by atoms with Gasteiger partial charge in [0, 0.05) is 61.0 Å². The molecule has 0 fully saturated rings. The average Bonchev–Trinajstić information content (AvgIpc) is 3.75. The van der Waals surface area contributed by atoms with Gasteiger partial charge in [0.1, 0.15) is 0 Å². The van der Waals surface area contributed by atoms with E-state index in [1.165, 1.54) is 64.7 Å². The molecule has 0 bridgehead atoms. The summed E-state index contributed by atoms with van der Waals surface area (Å²) < 4.78 is 2.62. The fourth-order valence-electron chi connectivity index (χ4n) is 9.26. The zero-order valence-corrected chi connectivity index (χ0v) is 32.0. The maximum atomic E-state index is 5.31. The lowest BCUT2D eigenvalue weighted by Crippen LogP contribution is -2.30. The van der Waals surface area contributed by atoms with Crippen molar-refractivity contribution in [2.75, 3.05) is 0 Å². The normalized spacial score (nSPS) is 14.9. The van der Waals surface area contributed by atoms with E-state index in [1.54, 1.807) is 6.20 Å². The van der Waals surface area contributed by atoms with Gasteiger partial charge in [0.2, 0.25) is 0 Å². The van der Waals surface area contributed by atoms with Crippen molar-refractivity contribution in [1.82, 2.24) is 19.9 Å². The molecule has 1 spiro atoms. The number of pyridine rings is 2. The maximum Gasteiger partial charge on any atom is 0.160 e. The molecule has 1 unspecified atom stereocenters. The largest absolute Gasteiger partial charge is 0.264 e. The Labute approximate surface area is 339 Å². The highest BCUT2D eigenvalue weighted by Crippen LogP contribution is 2.60. The summed E-state index contributed by atoms with van der Waals surface area (Å²) in [5.41, 5.74) is 15.8. The lowest BCUT2D eigenvalue weighted by molar-refractivity contribution is 0.767. The molecule has 2 aliphatic carbocycles. The molecular formula is C53H32N4S. The van der Waals surface area contributed by atoms with Crippen LogP contribution in [-0.4, -0.2) is 19.9 Å². The Morgan fingerprint density at radius 3 is 1.98 bits per heavy atom. The zero-order chi connectivity index (χ0) is 38.2. The summed E-state index contributed by atoms with van der Waals surface area (Å²) in [5, 5.41) is 2.60. The summed E-state index contributed by atoms with van der Waals surface area (Å²) >= 11 is 1.87. The topological polar surface area (TPSA) is 51.6 Å². The Morgan fingerprint density at radius 2 is 1.14 bits per heavy atom. The van der Waals surface area contributed by atoms with Crippen LogP contribution in [-0.2, 0) is 5.41 Å². The predicted octanol–water partition coefficient (Wildman–Crippen LogP) is 13.1. The van der Waals surface area contributed by atoms with Crippen LogP contribution in [0.25, 0.3) is 88.6 Å². The number of benzene rings is 6. The Morgan fingerprint density at radius 1 is 0.414 bits per heavy atom. The van der Waals surface area contributed by atoms with E-state index in [2.05, 4.69) is 157 Å². The van der Waals surface area contributed by atoms with E-state index in [1.807, 2.05) is 48.0 Å². The molecule has 0 N–H and O–H groups in total. The third-order valence-corrected chi connectivity index (χ3v) is 13.0. The Balaban J connectivity index is 1.11. The van der Waals surface area contributed by atoms with E-state index in [0.717, 1.165) is 39.3 Å². The molecule has 0 radical (unpaired) electrons. The first kappa shape index (κ1) is 32.9. The molecule has 0 aliphatic heterocycles. The Bertz CT molecular complexity index is 3280. The zero-order valence-electron chi connectivity index (χ0n) is 31.2. The molecule has 4 nitrogen and oxygen atoms in total. The van der Waals surface area contributed by atoms with Crippen molar-refractivity contribution in [2.24, 2.45) is 0 Å². The average molecular weight is 757 g/mol. The van der Waals surface area contributed by atoms with E-state index >= 15 is 0 Å². The number of nitrogens with zero attached hydrogens (tertiary/aromatic N) is 4. The third kappa shape index (κ3) is 4.93. The molecule has 0 saturated heterocycles. The molecule has 2 aliphatic rings. The van der Waals surface area contributed by atoms with Crippen molar-refractivity contribution in [2.45, 2.75) is 5.41 Å². The van der Waals surface area contributed by atoms with Gasteiger partial charge in [0.15, 0.2) is 5.82 Å². The van der Waals surface area contributed by atoms with Crippen molar-refractivity contribution < 1.29 is 0 Å². The molecule has 5 heteroatoms. The number of fused-ring (bicyclic) bond motifs is 12. The van der Waals surface area contributed by atoms with Crippen molar-refractivity contribution >= 4 is 43.7 Å². The van der Waals surface area contributed by atoms with Gasteiger partial charge in [-0.1, -0.05) is 121 Å². The number of rotatable bonds is 4. The van der Waals surface area contributed by atoms with Gasteiger partial charge in [-0.15, -0.1) is 11.3 Å². The minimum Gasteiger partial charge on any atom is -0.264 e. The van der Waals surface area contributed by atoms with Crippen LogP contribution >= 0.6 is 11.3 Å². The van der Waals surface area contributed by atoms with Crippen LogP contribution in [0.4, 0.5) is 0 Å². The second-order valence-corrected chi connectivity index (χ2v) is 16.1. The summed E-state index contributed by atoms with van der Waals surface area (Å²) in [6, 6.07) is 59.0. The highest BCUT2D eigenvalue weighted by molar-refractivity contribution is 7.25. The Hall–Kier alpha value is -7.34. The standard InChI is InChI=1S/C53H32N4S/c1-2-12-35(13-3-1)48-30-49(38-24-25-47(55-32-38)37-14-10-26-54-31-37)57-52(56-48)36-23-22-34-21-20-33-11-4-7-17-43(33)53(45(34)27-36)44-18-8-5-15-39(44)41-29-51-42(28-46(41)53)40-16-6-9-19-50(40)58-51/h1-32H. The predicted molar refractivity (Wildman–Crippen MR) is 238 cm³/mol. The summed E-state index contributed by atoms with van der Waals surface area (Å²) in [7, 11) is 0. The van der Waals surface area contributed by atoms with Gasteiger partial charge in [-0.3, -0.25) is 9.97 Å². The van der Waals surface area contributed by atoms with Crippen LogP contribution in [0.5, 0.6) is 0 Å². The number of hydrogen-bond acceptors (Lipinski definition) is 5. The van der Waals surface area contributed by atoms with E-state index in [4.69, 9.17) is 15.0 Å². The lowest BCUT2D eigenvalue weighted by Gasteiger charge is -2.35. The number of hydrogen-bond donors (Lipinski definition) is 0. The molecule has 0 amide bonds. The van der Waals surface area contributed by atoms with Crippen LogP contribution in [0.1, 0.15) is 33.4 Å². The van der Waals surface area contributed by atoms with E-state index in [9.17, 15) is 0 Å². The first-order chi connectivity index (χ1) is 28.7. The van der Waals surface area contributed by atoms with E-state index in [0.29, 0.717) is 5.82 Å². The Kier molecular flexibility index (Phi) is 7.28. The summed E-state index contributed by atoms with van der Waals surface area (Å²) in [4.78, 5) is 19.7. The van der Waals surface area contributed by atoms with Gasteiger partial charge in [0.25, 0.3) is 0 Å². The van der Waals surface area contributed by atoms with Gasteiger partial charge in [-0.05, 0) is 99.1 Å². The molecule has 1 atom stereocenters.